The Hall–Kier alpha value is -0.910. The summed E-state index contributed by atoms with van der Waals surface area (Å²) >= 11 is 1.60. The molecule has 0 aliphatic carbocycles. The molecule has 0 aromatic carbocycles. The number of hydrogen-bond acceptors (Lipinski definition) is 4. The van der Waals surface area contributed by atoms with E-state index in [9.17, 15) is 4.79 Å². The van der Waals surface area contributed by atoms with Crippen molar-refractivity contribution in [1.82, 2.24) is 10.6 Å². The van der Waals surface area contributed by atoms with Crippen LogP contribution in [0.1, 0.15) is 11.3 Å². The third-order valence-corrected chi connectivity index (χ3v) is 3.88. The molecule has 0 spiro atoms. The average Bonchev–Trinajstić information content (AvgIpc) is 2.82. The molecule has 2 N–H and O–H groups in total. The van der Waals surface area contributed by atoms with Crippen LogP contribution >= 0.6 is 11.3 Å². The molecule has 1 unspecified atom stereocenters. The van der Waals surface area contributed by atoms with Gasteiger partial charge < -0.3 is 10.1 Å². The molecule has 1 fully saturated rings. The average molecular weight is 240 g/mol. The largest absolute Gasteiger partial charge is 0.385 e. The van der Waals surface area contributed by atoms with Crippen molar-refractivity contribution < 1.29 is 9.53 Å². The van der Waals surface area contributed by atoms with Gasteiger partial charge in [-0.3, -0.25) is 10.1 Å². The van der Waals surface area contributed by atoms with Crippen LogP contribution in [0.15, 0.2) is 17.5 Å². The number of ether oxygens (including phenoxy) is 1. The lowest BCUT2D eigenvalue weighted by molar-refractivity contribution is -0.130. The second-order valence-corrected chi connectivity index (χ2v) is 4.76. The summed E-state index contributed by atoms with van der Waals surface area (Å²) in [5, 5.41) is 8.25. The number of carbonyl (C=O) groups is 1. The smallest absolute Gasteiger partial charge is 0.245 e. The summed E-state index contributed by atoms with van der Waals surface area (Å²) in [6.07, 6.45) is 0.663. The summed E-state index contributed by atoms with van der Waals surface area (Å²) in [7, 11) is 1.66. The van der Waals surface area contributed by atoms with E-state index in [1.54, 1.807) is 18.4 Å². The molecule has 5 heteroatoms. The third kappa shape index (κ3) is 1.98. The lowest BCUT2D eigenvalue weighted by Gasteiger charge is -2.36. The molecule has 1 aromatic heterocycles. The van der Waals surface area contributed by atoms with E-state index in [1.807, 2.05) is 17.5 Å². The van der Waals surface area contributed by atoms with E-state index < -0.39 is 5.54 Å². The highest BCUT2D eigenvalue weighted by atomic mass is 32.1. The Balaban J connectivity index is 2.27. The van der Waals surface area contributed by atoms with Crippen molar-refractivity contribution in [3.05, 3.63) is 22.4 Å². The molecule has 0 radical (unpaired) electrons. The minimum absolute atomic E-state index is 0.0539. The van der Waals surface area contributed by atoms with E-state index in [4.69, 9.17) is 4.74 Å². The summed E-state index contributed by atoms with van der Waals surface area (Å²) in [6, 6.07) is 3.97. The van der Waals surface area contributed by atoms with Crippen LogP contribution in [-0.4, -0.2) is 32.7 Å². The molecule has 2 heterocycles. The van der Waals surface area contributed by atoms with Gasteiger partial charge in [0.1, 0.15) is 5.54 Å². The topological polar surface area (TPSA) is 50.4 Å². The molecule has 4 nitrogen and oxygen atoms in total. The molecule has 1 amide bonds. The Bertz CT molecular complexity index is 353. The van der Waals surface area contributed by atoms with Gasteiger partial charge >= 0.3 is 0 Å². The second-order valence-electron chi connectivity index (χ2n) is 3.81. The van der Waals surface area contributed by atoms with E-state index in [0.29, 0.717) is 19.6 Å². The molecular formula is C11H16N2O2S. The first-order valence-electron chi connectivity index (χ1n) is 5.36. The van der Waals surface area contributed by atoms with E-state index in [-0.39, 0.29) is 5.91 Å². The Labute approximate surface area is 99.0 Å². The molecule has 1 atom stereocenters. The number of amides is 1. The standard InChI is InChI=1S/C11H16N2O2S/c1-15-7-4-11(9-3-2-8-16-9)10(14)12-5-6-13-11/h2-3,8,13H,4-7H2,1H3,(H,12,14). The van der Waals surface area contributed by atoms with Crippen LogP contribution in [0.2, 0.25) is 0 Å². The van der Waals surface area contributed by atoms with E-state index in [0.717, 1.165) is 11.4 Å². The number of nitrogens with one attached hydrogen (secondary N) is 2. The van der Waals surface area contributed by atoms with Gasteiger partial charge in [0, 0.05) is 38.1 Å². The normalized spacial score (nSPS) is 25.4. The van der Waals surface area contributed by atoms with Gasteiger partial charge in [-0.1, -0.05) is 6.07 Å². The number of hydrogen-bond donors (Lipinski definition) is 2. The summed E-state index contributed by atoms with van der Waals surface area (Å²) in [5.74, 6) is 0.0539. The van der Waals surface area contributed by atoms with Gasteiger partial charge in [-0.25, -0.2) is 0 Å². The third-order valence-electron chi connectivity index (χ3n) is 2.85. The highest BCUT2D eigenvalue weighted by Gasteiger charge is 2.42. The number of thiophene rings is 1. The molecule has 88 valence electrons. The van der Waals surface area contributed by atoms with Crippen LogP contribution in [0.25, 0.3) is 0 Å². The maximum absolute atomic E-state index is 12.1. The fourth-order valence-corrected chi connectivity index (χ4v) is 2.91. The van der Waals surface area contributed by atoms with Crippen molar-refractivity contribution in [3.8, 4) is 0 Å². The summed E-state index contributed by atoms with van der Waals surface area (Å²) in [5.41, 5.74) is -0.595. The minimum atomic E-state index is -0.595. The van der Waals surface area contributed by atoms with Gasteiger partial charge in [-0.15, -0.1) is 11.3 Å². The Morgan fingerprint density at radius 3 is 3.06 bits per heavy atom. The number of carbonyl (C=O) groups excluding carboxylic acids is 1. The maximum Gasteiger partial charge on any atom is 0.245 e. The number of rotatable bonds is 4. The van der Waals surface area contributed by atoms with Crippen molar-refractivity contribution in [2.75, 3.05) is 26.8 Å². The minimum Gasteiger partial charge on any atom is -0.385 e. The zero-order valence-corrected chi connectivity index (χ0v) is 10.1. The van der Waals surface area contributed by atoms with Crippen LogP contribution in [0.4, 0.5) is 0 Å². The molecule has 0 saturated carbocycles. The molecular weight excluding hydrogens is 224 g/mol. The monoisotopic (exact) mass is 240 g/mol. The Kier molecular flexibility index (Phi) is 3.58. The van der Waals surface area contributed by atoms with Gasteiger partial charge in [-0.2, -0.15) is 0 Å². The van der Waals surface area contributed by atoms with Crippen molar-refractivity contribution in [2.24, 2.45) is 0 Å². The molecule has 1 saturated heterocycles. The van der Waals surface area contributed by atoms with Crippen molar-refractivity contribution in [2.45, 2.75) is 12.0 Å². The second kappa shape index (κ2) is 4.95. The number of piperazine rings is 1. The fourth-order valence-electron chi connectivity index (χ4n) is 1.98. The highest BCUT2D eigenvalue weighted by Crippen LogP contribution is 2.30. The van der Waals surface area contributed by atoms with Gasteiger partial charge in [-0.05, 0) is 11.4 Å². The maximum atomic E-state index is 12.1. The first-order valence-corrected chi connectivity index (χ1v) is 6.24. The van der Waals surface area contributed by atoms with Crippen LogP contribution in [0, 0.1) is 0 Å². The van der Waals surface area contributed by atoms with Gasteiger partial charge in [0.25, 0.3) is 0 Å². The van der Waals surface area contributed by atoms with Crippen LogP contribution < -0.4 is 10.6 Å². The molecule has 0 bridgehead atoms. The number of methoxy groups -OCH3 is 1. The fraction of sp³-hybridized carbons (Fsp3) is 0.545. The molecule has 16 heavy (non-hydrogen) atoms. The zero-order chi connectivity index (χ0) is 11.4. The first-order chi connectivity index (χ1) is 7.79. The highest BCUT2D eigenvalue weighted by molar-refractivity contribution is 7.10. The molecule has 1 aliphatic heterocycles. The summed E-state index contributed by atoms with van der Waals surface area (Å²) < 4.78 is 5.10. The SMILES string of the molecule is COCCC1(c2cccs2)NCCNC1=O. The van der Waals surface area contributed by atoms with Crippen LogP contribution in [0.5, 0.6) is 0 Å². The predicted molar refractivity (Wildman–Crippen MR) is 63.5 cm³/mol. The lowest BCUT2D eigenvalue weighted by atomic mass is 9.90. The van der Waals surface area contributed by atoms with Crippen LogP contribution in [-0.2, 0) is 15.1 Å². The molecule has 1 aromatic rings. The lowest BCUT2D eigenvalue weighted by Crippen LogP contribution is -2.61. The summed E-state index contributed by atoms with van der Waals surface area (Å²) in [4.78, 5) is 13.2. The van der Waals surface area contributed by atoms with E-state index in [2.05, 4.69) is 10.6 Å². The zero-order valence-electron chi connectivity index (χ0n) is 9.29. The van der Waals surface area contributed by atoms with Crippen molar-refractivity contribution >= 4 is 17.2 Å². The Morgan fingerprint density at radius 2 is 2.44 bits per heavy atom. The van der Waals surface area contributed by atoms with E-state index >= 15 is 0 Å². The summed E-state index contributed by atoms with van der Waals surface area (Å²) in [6.45, 7) is 2.06. The van der Waals surface area contributed by atoms with Gasteiger partial charge in [0.05, 0.1) is 0 Å². The quantitative estimate of drug-likeness (QED) is 0.814. The first kappa shape index (κ1) is 11.6. The molecule has 1 aliphatic rings. The van der Waals surface area contributed by atoms with Gasteiger partial charge in [0.2, 0.25) is 5.91 Å². The molecule has 2 rings (SSSR count). The Morgan fingerprint density at radius 1 is 1.56 bits per heavy atom. The van der Waals surface area contributed by atoms with Crippen LogP contribution in [0.3, 0.4) is 0 Å². The predicted octanol–water partition coefficient (Wildman–Crippen LogP) is 0.699. The van der Waals surface area contributed by atoms with Crippen molar-refractivity contribution in [3.63, 3.8) is 0 Å². The van der Waals surface area contributed by atoms with Crippen molar-refractivity contribution in [1.29, 1.82) is 0 Å². The van der Waals surface area contributed by atoms with Gasteiger partial charge in [0.15, 0.2) is 0 Å². The van der Waals surface area contributed by atoms with E-state index in [1.165, 1.54) is 0 Å².